The van der Waals surface area contributed by atoms with Gasteiger partial charge in [-0.3, -0.25) is 4.98 Å². The maximum absolute atomic E-state index is 9.61. The molecule has 1 N–H and O–H groups in total. The van der Waals surface area contributed by atoms with E-state index in [1.54, 1.807) is 18.5 Å². The Bertz CT molecular complexity index is 490. The Labute approximate surface area is 111 Å². The zero-order valence-corrected chi connectivity index (χ0v) is 10.5. The summed E-state index contributed by atoms with van der Waals surface area (Å²) in [7, 11) is 0. The molecule has 1 aromatic heterocycles. The average Bonchev–Trinajstić information content (AvgIpc) is 2.45. The zero-order chi connectivity index (χ0) is 12.8. The lowest BCUT2D eigenvalue weighted by Crippen LogP contribution is -2.01. The summed E-state index contributed by atoms with van der Waals surface area (Å²) < 4.78 is 5.61. The molecule has 0 aliphatic carbocycles. The quantitative estimate of drug-likeness (QED) is 0.844. The summed E-state index contributed by atoms with van der Waals surface area (Å²) in [6, 6.07) is 11.6. The van der Waals surface area contributed by atoms with Crippen LogP contribution in [0.5, 0.6) is 5.75 Å². The molecule has 0 aliphatic rings. The fourth-order valence-corrected chi connectivity index (χ4v) is 1.70. The lowest BCUT2D eigenvalue weighted by molar-refractivity contribution is 0.201. The van der Waals surface area contributed by atoms with Crippen LogP contribution in [0.3, 0.4) is 0 Å². The van der Waals surface area contributed by atoms with Crippen molar-refractivity contribution in [3.8, 4) is 5.75 Å². The largest absolute Gasteiger partial charge is 0.487 e. The van der Waals surface area contributed by atoms with E-state index >= 15 is 0 Å². The van der Waals surface area contributed by atoms with Crippen LogP contribution < -0.4 is 4.74 Å². The molecule has 3 nitrogen and oxygen atoms in total. The highest BCUT2D eigenvalue weighted by molar-refractivity contribution is 6.18. The van der Waals surface area contributed by atoms with Crippen molar-refractivity contribution in [3.05, 3.63) is 59.9 Å². The number of aliphatic hydroxyl groups is 1. The van der Waals surface area contributed by atoms with Crippen molar-refractivity contribution >= 4 is 11.6 Å². The van der Waals surface area contributed by atoms with Gasteiger partial charge in [0.1, 0.15) is 12.4 Å². The second-order valence-corrected chi connectivity index (χ2v) is 4.21. The van der Waals surface area contributed by atoms with Crippen molar-refractivity contribution in [1.29, 1.82) is 0 Å². The van der Waals surface area contributed by atoms with Crippen molar-refractivity contribution in [2.24, 2.45) is 0 Å². The molecule has 0 saturated heterocycles. The standard InChI is InChI=1S/C14H14ClNO2/c15-7-14(17)12-6-13(9-16-8-12)18-10-11-4-2-1-3-5-11/h1-6,8-9,14,17H,7,10H2. The second kappa shape index (κ2) is 6.38. The fourth-order valence-electron chi connectivity index (χ4n) is 1.53. The SMILES string of the molecule is OC(CCl)c1cncc(OCc2ccccc2)c1. The van der Waals surface area contributed by atoms with E-state index in [2.05, 4.69) is 4.98 Å². The number of ether oxygens (including phenoxy) is 1. The zero-order valence-electron chi connectivity index (χ0n) is 9.79. The lowest BCUT2D eigenvalue weighted by atomic mass is 10.2. The molecule has 0 saturated carbocycles. The Balaban J connectivity index is 2.01. The monoisotopic (exact) mass is 263 g/mol. The van der Waals surface area contributed by atoms with Gasteiger partial charge < -0.3 is 9.84 Å². The Hall–Kier alpha value is -1.58. The molecule has 0 bridgehead atoms. The van der Waals surface area contributed by atoms with E-state index in [0.717, 1.165) is 5.56 Å². The topological polar surface area (TPSA) is 42.4 Å². The van der Waals surface area contributed by atoms with Gasteiger partial charge in [0.15, 0.2) is 0 Å². The molecule has 1 aromatic carbocycles. The first kappa shape index (κ1) is 12.9. The summed E-state index contributed by atoms with van der Waals surface area (Å²) in [6.07, 6.45) is 2.50. The van der Waals surface area contributed by atoms with Crippen molar-refractivity contribution in [1.82, 2.24) is 4.98 Å². The van der Waals surface area contributed by atoms with Crippen LogP contribution >= 0.6 is 11.6 Å². The first-order valence-corrected chi connectivity index (χ1v) is 6.19. The van der Waals surface area contributed by atoms with Crippen LogP contribution in [-0.4, -0.2) is 16.0 Å². The van der Waals surface area contributed by atoms with E-state index in [4.69, 9.17) is 16.3 Å². The normalized spacial score (nSPS) is 12.1. The predicted molar refractivity (Wildman–Crippen MR) is 70.7 cm³/mol. The van der Waals surface area contributed by atoms with Gasteiger partial charge in [0.05, 0.1) is 18.2 Å². The van der Waals surface area contributed by atoms with Crippen molar-refractivity contribution < 1.29 is 9.84 Å². The van der Waals surface area contributed by atoms with Gasteiger partial charge in [0.25, 0.3) is 0 Å². The first-order chi connectivity index (χ1) is 8.79. The van der Waals surface area contributed by atoms with Crippen molar-refractivity contribution in [2.45, 2.75) is 12.7 Å². The summed E-state index contributed by atoms with van der Waals surface area (Å²) in [5.74, 6) is 0.768. The highest BCUT2D eigenvalue weighted by Crippen LogP contribution is 2.19. The van der Waals surface area contributed by atoms with Gasteiger partial charge in [0.2, 0.25) is 0 Å². The van der Waals surface area contributed by atoms with Crippen LogP contribution in [-0.2, 0) is 6.61 Å². The molecule has 0 aliphatic heterocycles. The molecule has 2 rings (SSSR count). The number of aromatic nitrogens is 1. The van der Waals surface area contributed by atoms with Gasteiger partial charge in [-0.05, 0) is 11.6 Å². The number of aliphatic hydroxyl groups excluding tert-OH is 1. The van der Waals surface area contributed by atoms with E-state index in [1.807, 2.05) is 30.3 Å². The fraction of sp³-hybridized carbons (Fsp3) is 0.214. The minimum absolute atomic E-state index is 0.143. The smallest absolute Gasteiger partial charge is 0.138 e. The molecule has 0 spiro atoms. The van der Waals surface area contributed by atoms with E-state index in [0.29, 0.717) is 17.9 Å². The van der Waals surface area contributed by atoms with Crippen LogP contribution in [0.1, 0.15) is 17.2 Å². The summed E-state index contributed by atoms with van der Waals surface area (Å²) in [4.78, 5) is 4.02. The molecule has 0 amide bonds. The van der Waals surface area contributed by atoms with E-state index in [-0.39, 0.29) is 5.88 Å². The van der Waals surface area contributed by atoms with Gasteiger partial charge in [-0.25, -0.2) is 0 Å². The van der Waals surface area contributed by atoms with E-state index in [9.17, 15) is 5.11 Å². The third-order valence-corrected chi connectivity index (χ3v) is 2.81. The Morgan fingerprint density at radius 2 is 2.00 bits per heavy atom. The average molecular weight is 264 g/mol. The summed E-state index contributed by atoms with van der Waals surface area (Å²) >= 11 is 5.59. The Kier molecular flexibility index (Phi) is 4.56. The van der Waals surface area contributed by atoms with Crippen LogP contribution in [0.4, 0.5) is 0 Å². The molecule has 2 aromatic rings. The molecule has 0 fully saturated rings. The van der Waals surface area contributed by atoms with Gasteiger partial charge in [-0.1, -0.05) is 30.3 Å². The molecule has 4 heteroatoms. The van der Waals surface area contributed by atoms with Crippen LogP contribution in [0.2, 0.25) is 0 Å². The highest BCUT2D eigenvalue weighted by atomic mass is 35.5. The molecule has 1 unspecified atom stereocenters. The number of hydrogen-bond donors (Lipinski definition) is 1. The molecular formula is C14H14ClNO2. The minimum atomic E-state index is -0.709. The Morgan fingerprint density at radius 1 is 1.22 bits per heavy atom. The van der Waals surface area contributed by atoms with E-state index < -0.39 is 6.10 Å². The number of benzene rings is 1. The van der Waals surface area contributed by atoms with Crippen molar-refractivity contribution in [2.75, 3.05) is 5.88 Å². The van der Waals surface area contributed by atoms with Gasteiger partial charge >= 0.3 is 0 Å². The molecule has 94 valence electrons. The lowest BCUT2D eigenvalue weighted by Gasteiger charge is -2.10. The van der Waals surface area contributed by atoms with Crippen LogP contribution in [0.25, 0.3) is 0 Å². The van der Waals surface area contributed by atoms with Gasteiger partial charge in [-0.15, -0.1) is 11.6 Å². The maximum atomic E-state index is 9.61. The molecule has 0 radical (unpaired) electrons. The molecule has 1 heterocycles. The van der Waals surface area contributed by atoms with Gasteiger partial charge in [-0.2, -0.15) is 0 Å². The molecular weight excluding hydrogens is 250 g/mol. The van der Waals surface area contributed by atoms with E-state index in [1.165, 1.54) is 0 Å². The third kappa shape index (κ3) is 3.45. The number of halogens is 1. The highest BCUT2D eigenvalue weighted by Gasteiger charge is 2.07. The summed E-state index contributed by atoms with van der Waals surface area (Å²) in [6.45, 7) is 0.475. The minimum Gasteiger partial charge on any atom is -0.487 e. The number of rotatable bonds is 5. The van der Waals surface area contributed by atoms with Crippen molar-refractivity contribution in [3.63, 3.8) is 0 Å². The third-order valence-electron chi connectivity index (χ3n) is 2.51. The number of nitrogens with zero attached hydrogens (tertiary/aromatic N) is 1. The van der Waals surface area contributed by atoms with Crippen LogP contribution in [0.15, 0.2) is 48.8 Å². The van der Waals surface area contributed by atoms with Crippen LogP contribution in [0, 0.1) is 0 Å². The molecule has 18 heavy (non-hydrogen) atoms. The Morgan fingerprint density at radius 3 is 2.72 bits per heavy atom. The number of hydrogen-bond acceptors (Lipinski definition) is 3. The predicted octanol–water partition coefficient (Wildman–Crippen LogP) is 2.93. The second-order valence-electron chi connectivity index (χ2n) is 3.90. The maximum Gasteiger partial charge on any atom is 0.138 e. The number of pyridine rings is 1. The first-order valence-electron chi connectivity index (χ1n) is 5.65. The molecule has 1 atom stereocenters. The summed E-state index contributed by atoms with van der Waals surface area (Å²) in [5, 5.41) is 9.61. The number of alkyl halides is 1. The van der Waals surface area contributed by atoms with Gasteiger partial charge in [0, 0.05) is 11.8 Å². The summed E-state index contributed by atoms with van der Waals surface area (Å²) in [5.41, 5.74) is 1.75.